The van der Waals surface area contributed by atoms with Crippen LogP contribution < -0.4 is 5.73 Å². The Bertz CT molecular complexity index is 213. The highest BCUT2D eigenvalue weighted by Crippen LogP contribution is 2.15. The van der Waals surface area contributed by atoms with Gasteiger partial charge in [-0.15, -0.1) is 0 Å². The van der Waals surface area contributed by atoms with Crippen LogP contribution in [0, 0.1) is 5.92 Å². The molecule has 1 amide bonds. The highest BCUT2D eigenvalue weighted by molar-refractivity contribution is 5.81. The molecular formula is C12H24N2O2. The van der Waals surface area contributed by atoms with Gasteiger partial charge in [0, 0.05) is 19.7 Å². The van der Waals surface area contributed by atoms with Crippen molar-refractivity contribution in [3.63, 3.8) is 0 Å². The van der Waals surface area contributed by atoms with Crippen molar-refractivity contribution in [3.05, 3.63) is 0 Å². The summed E-state index contributed by atoms with van der Waals surface area (Å²) in [6.07, 6.45) is 2.54. The highest BCUT2D eigenvalue weighted by atomic mass is 16.5. The lowest BCUT2D eigenvalue weighted by molar-refractivity contribution is -0.141. The average Bonchev–Trinajstić information content (AvgIpc) is 2.76. The van der Waals surface area contributed by atoms with E-state index in [2.05, 4.69) is 13.8 Å². The summed E-state index contributed by atoms with van der Waals surface area (Å²) in [5, 5.41) is 0. The second-order valence-electron chi connectivity index (χ2n) is 4.82. The maximum absolute atomic E-state index is 12.1. The van der Waals surface area contributed by atoms with Crippen LogP contribution in [0.25, 0.3) is 0 Å². The molecule has 0 aromatic carbocycles. The molecule has 0 aromatic heterocycles. The number of carbonyl (C=O) groups excluding carboxylic acids is 1. The molecule has 2 N–H and O–H groups in total. The first kappa shape index (κ1) is 13.5. The van der Waals surface area contributed by atoms with Crippen LogP contribution in [-0.4, -0.2) is 43.2 Å². The lowest BCUT2D eigenvalue weighted by Gasteiger charge is -2.26. The average molecular weight is 228 g/mol. The maximum Gasteiger partial charge on any atom is 0.251 e. The summed E-state index contributed by atoms with van der Waals surface area (Å²) in [4.78, 5) is 14.1. The van der Waals surface area contributed by atoms with Crippen LogP contribution in [0.5, 0.6) is 0 Å². The number of ether oxygens (including phenoxy) is 1. The molecule has 0 saturated carbocycles. The fraction of sp³-hybridized carbons (Fsp3) is 0.917. The molecule has 0 spiro atoms. The summed E-state index contributed by atoms with van der Waals surface area (Å²) in [7, 11) is 0. The monoisotopic (exact) mass is 228 g/mol. The first-order valence-electron chi connectivity index (χ1n) is 6.25. The van der Waals surface area contributed by atoms with Crippen LogP contribution in [0.1, 0.15) is 33.1 Å². The third kappa shape index (κ3) is 4.10. The smallest absolute Gasteiger partial charge is 0.251 e. The molecule has 1 rings (SSSR count). The summed E-state index contributed by atoms with van der Waals surface area (Å²) in [5.74, 6) is 0.641. The van der Waals surface area contributed by atoms with Crippen molar-refractivity contribution >= 4 is 5.91 Å². The van der Waals surface area contributed by atoms with Crippen molar-refractivity contribution in [2.24, 2.45) is 11.7 Å². The molecule has 1 fully saturated rings. The van der Waals surface area contributed by atoms with Crippen LogP contribution >= 0.6 is 0 Å². The highest BCUT2D eigenvalue weighted by Gasteiger charge is 2.28. The Morgan fingerprint density at radius 2 is 2.31 bits per heavy atom. The maximum atomic E-state index is 12.1. The van der Waals surface area contributed by atoms with Gasteiger partial charge in [-0.3, -0.25) is 4.79 Å². The van der Waals surface area contributed by atoms with Crippen molar-refractivity contribution < 1.29 is 9.53 Å². The van der Waals surface area contributed by atoms with Gasteiger partial charge in [0.25, 0.3) is 5.91 Å². The van der Waals surface area contributed by atoms with Crippen LogP contribution in [-0.2, 0) is 9.53 Å². The molecule has 0 aromatic rings. The molecule has 0 radical (unpaired) electrons. The van der Waals surface area contributed by atoms with Gasteiger partial charge >= 0.3 is 0 Å². The van der Waals surface area contributed by atoms with Crippen LogP contribution in [0.3, 0.4) is 0 Å². The lowest BCUT2D eigenvalue weighted by Crippen LogP contribution is -2.42. The van der Waals surface area contributed by atoms with E-state index < -0.39 is 0 Å². The number of nitrogens with zero attached hydrogens (tertiary/aromatic N) is 1. The molecule has 1 unspecified atom stereocenters. The van der Waals surface area contributed by atoms with E-state index in [1.54, 1.807) is 0 Å². The number of carbonyl (C=O) groups is 1. The lowest BCUT2D eigenvalue weighted by atomic mass is 10.1. The molecule has 94 valence electrons. The number of hydrogen-bond donors (Lipinski definition) is 1. The van der Waals surface area contributed by atoms with Crippen LogP contribution in [0.2, 0.25) is 0 Å². The van der Waals surface area contributed by atoms with Crippen LogP contribution in [0.15, 0.2) is 0 Å². The van der Waals surface area contributed by atoms with Crippen molar-refractivity contribution in [3.8, 4) is 0 Å². The molecule has 1 atom stereocenters. The number of rotatable bonds is 6. The minimum atomic E-state index is -0.198. The predicted molar refractivity (Wildman–Crippen MR) is 64.1 cm³/mol. The summed E-state index contributed by atoms with van der Waals surface area (Å²) in [6, 6.07) is 0. The summed E-state index contributed by atoms with van der Waals surface area (Å²) >= 11 is 0. The first-order chi connectivity index (χ1) is 7.65. The molecule has 1 aliphatic heterocycles. The molecule has 1 aliphatic rings. The molecule has 0 bridgehead atoms. The minimum Gasteiger partial charge on any atom is -0.368 e. The predicted octanol–water partition coefficient (Wildman–Crippen LogP) is 0.999. The van der Waals surface area contributed by atoms with Crippen molar-refractivity contribution in [1.82, 2.24) is 4.90 Å². The standard InChI is InChI=1S/C12H24N2O2/c1-10(2)9-14(7-4-6-13)12(15)11-5-3-8-16-11/h10-11H,3-9,13H2,1-2H3. The third-order valence-corrected chi connectivity index (χ3v) is 2.73. The largest absolute Gasteiger partial charge is 0.368 e. The zero-order chi connectivity index (χ0) is 12.0. The van der Waals surface area contributed by atoms with E-state index in [-0.39, 0.29) is 12.0 Å². The first-order valence-corrected chi connectivity index (χ1v) is 6.25. The summed E-state index contributed by atoms with van der Waals surface area (Å²) < 4.78 is 5.43. The zero-order valence-electron chi connectivity index (χ0n) is 10.4. The van der Waals surface area contributed by atoms with E-state index >= 15 is 0 Å². The molecule has 1 saturated heterocycles. The summed E-state index contributed by atoms with van der Waals surface area (Å²) in [6.45, 7) is 7.17. The Kier molecular flexibility index (Phi) is 5.77. The Balaban J connectivity index is 2.48. The zero-order valence-corrected chi connectivity index (χ0v) is 10.4. The Morgan fingerprint density at radius 3 is 2.81 bits per heavy atom. The van der Waals surface area contributed by atoms with E-state index in [0.717, 1.165) is 39.0 Å². The Morgan fingerprint density at radius 1 is 1.56 bits per heavy atom. The van der Waals surface area contributed by atoms with E-state index in [4.69, 9.17) is 10.5 Å². The molecule has 4 heteroatoms. The SMILES string of the molecule is CC(C)CN(CCCN)C(=O)C1CCCO1. The number of amides is 1. The van der Waals surface area contributed by atoms with Crippen molar-refractivity contribution in [1.29, 1.82) is 0 Å². The number of hydrogen-bond acceptors (Lipinski definition) is 3. The summed E-state index contributed by atoms with van der Waals surface area (Å²) in [5.41, 5.74) is 5.49. The normalized spacial score (nSPS) is 20.4. The minimum absolute atomic E-state index is 0.152. The van der Waals surface area contributed by atoms with E-state index in [1.165, 1.54) is 0 Å². The van der Waals surface area contributed by atoms with Gasteiger partial charge in [-0.2, -0.15) is 0 Å². The van der Waals surface area contributed by atoms with E-state index in [9.17, 15) is 4.79 Å². The Hall–Kier alpha value is -0.610. The fourth-order valence-corrected chi connectivity index (χ4v) is 1.99. The van der Waals surface area contributed by atoms with E-state index in [0.29, 0.717) is 12.5 Å². The van der Waals surface area contributed by atoms with Gasteiger partial charge in [0.05, 0.1) is 0 Å². The molecular weight excluding hydrogens is 204 g/mol. The van der Waals surface area contributed by atoms with Gasteiger partial charge in [-0.05, 0) is 31.7 Å². The number of nitrogens with two attached hydrogens (primary N) is 1. The third-order valence-electron chi connectivity index (χ3n) is 2.73. The molecule has 4 nitrogen and oxygen atoms in total. The van der Waals surface area contributed by atoms with Gasteiger partial charge in [0.1, 0.15) is 6.10 Å². The topological polar surface area (TPSA) is 55.6 Å². The van der Waals surface area contributed by atoms with Crippen molar-refractivity contribution in [2.75, 3.05) is 26.2 Å². The second kappa shape index (κ2) is 6.86. The quantitative estimate of drug-likeness (QED) is 0.738. The molecule has 0 aliphatic carbocycles. The molecule has 1 heterocycles. The van der Waals surface area contributed by atoms with Gasteiger partial charge in [-0.1, -0.05) is 13.8 Å². The van der Waals surface area contributed by atoms with Crippen molar-refractivity contribution in [2.45, 2.75) is 39.2 Å². The van der Waals surface area contributed by atoms with E-state index in [1.807, 2.05) is 4.90 Å². The Labute approximate surface area is 98.1 Å². The fourth-order valence-electron chi connectivity index (χ4n) is 1.99. The van der Waals surface area contributed by atoms with Gasteiger partial charge < -0.3 is 15.4 Å². The van der Waals surface area contributed by atoms with Crippen LogP contribution in [0.4, 0.5) is 0 Å². The van der Waals surface area contributed by atoms with Gasteiger partial charge in [0.2, 0.25) is 0 Å². The van der Waals surface area contributed by atoms with Gasteiger partial charge in [0.15, 0.2) is 0 Å². The second-order valence-corrected chi connectivity index (χ2v) is 4.82. The molecule has 16 heavy (non-hydrogen) atoms. The van der Waals surface area contributed by atoms with Gasteiger partial charge in [-0.25, -0.2) is 0 Å².